The third kappa shape index (κ3) is 2.71. The fourth-order valence-electron chi connectivity index (χ4n) is 2.25. The van der Waals surface area contributed by atoms with Gasteiger partial charge in [0, 0.05) is 16.9 Å². The Kier molecular flexibility index (Phi) is 3.88. The Morgan fingerprint density at radius 1 is 1.36 bits per heavy atom. The van der Waals surface area contributed by atoms with E-state index in [1.165, 1.54) is 0 Å². The summed E-state index contributed by atoms with van der Waals surface area (Å²) in [5, 5.41) is 8.42. The highest BCUT2D eigenvalue weighted by molar-refractivity contribution is 9.10. The lowest BCUT2D eigenvalue weighted by Gasteiger charge is -2.07. The maximum absolute atomic E-state index is 12.3. The van der Waals surface area contributed by atoms with E-state index in [9.17, 15) is 4.79 Å². The second-order valence-electron chi connectivity index (χ2n) is 4.88. The number of benzene rings is 1. The summed E-state index contributed by atoms with van der Waals surface area (Å²) in [5.74, 6) is -0.283. The zero-order valence-electron chi connectivity index (χ0n) is 11.9. The first-order chi connectivity index (χ1) is 10.5. The standard InChI is InChI=1S/C15H12BrClN4O/c1-8-11-6-10(7-18-14(11)21(2)20-8)19-15(22)12-5-9(16)3-4-13(12)17/h3-7H,1-2H3,(H,19,22). The van der Waals surface area contributed by atoms with Crippen LogP contribution in [0.15, 0.2) is 34.9 Å². The predicted molar refractivity (Wildman–Crippen MR) is 90.4 cm³/mol. The number of hydrogen-bond donors (Lipinski definition) is 1. The Hall–Kier alpha value is -1.92. The van der Waals surface area contributed by atoms with Crippen molar-refractivity contribution in [2.45, 2.75) is 6.92 Å². The number of nitrogens with zero attached hydrogens (tertiary/aromatic N) is 3. The van der Waals surface area contributed by atoms with Crippen LogP contribution in [0, 0.1) is 6.92 Å². The molecule has 0 aliphatic carbocycles. The summed E-state index contributed by atoms with van der Waals surface area (Å²) in [6.45, 7) is 1.90. The Bertz CT molecular complexity index is 891. The summed E-state index contributed by atoms with van der Waals surface area (Å²) in [6, 6.07) is 6.99. The van der Waals surface area contributed by atoms with Crippen LogP contribution in [0.4, 0.5) is 5.69 Å². The second kappa shape index (κ2) is 5.70. The van der Waals surface area contributed by atoms with Gasteiger partial charge in [0.25, 0.3) is 5.91 Å². The van der Waals surface area contributed by atoms with Crippen molar-refractivity contribution >= 4 is 50.2 Å². The smallest absolute Gasteiger partial charge is 0.257 e. The number of carbonyl (C=O) groups excluding carboxylic acids is 1. The van der Waals surface area contributed by atoms with Gasteiger partial charge in [-0.25, -0.2) is 4.98 Å². The van der Waals surface area contributed by atoms with Gasteiger partial charge in [-0.15, -0.1) is 0 Å². The van der Waals surface area contributed by atoms with Gasteiger partial charge in [-0.2, -0.15) is 5.10 Å². The predicted octanol–water partition coefficient (Wildman–Crippen LogP) is 3.94. The average Bonchev–Trinajstić information content (AvgIpc) is 2.76. The quantitative estimate of drug-likeness (QED) is 0.733. The molecule has 0 saturated carbocycles. The lowest BCUT2D eigenvalue weighted by atomic mass is 10.2. The summed E-state index contributed by atoms with van der Waals surface area (Å²) in [4.78, 5) is 16.7. The number of anilines is 1. The minimum atomic E-state index is -0.283. The molecule has 22 heavy (non-hydrogen) atoms. The van der Waals surface area contributed by atoms with Crippen LogP contribution in [0.1, 0.15) is 16.1 Å². The summed E-state index contributed by atoms with van der Waals surface area (Å²) in [7, 11) is 1.84. The number of nitrogens with one attached hydrogen (secondary N) is 1. The van der Waals surface area contributed by atoms with E-state index in [0.717, 1.165) is 21.2 Å². The molecule has 0 bridgehead atoms. The van der Waals surface area contributed by atoms with Gasteiger partial charge in [0.05, 0.1) is 28.2 Å². The molecule has 3 aromatic rings. The largest absolute Gasteiger partial charge is 0.321 e. The number of hydrogen-bond acceptors (Lipinski definition) is 3. The van der Waals surface area contributed by atoms with E-state index < -0.39 is 0 Å². The van der Waals surface area contributed by atoms with Crippen molar-refractivity contribution in [1.29, 1.82) is 0 Å². The van der Waals surface area contributed by atoms with Crippen LogP contribution < -0.4 is 5.32 Å². The Labute approximate surface area is 140 Å². The maximum Gasteiger partial charge on any atom is 0.257 e. The zero-order valence-corrected chi connectivity index (χ0v) is 14.2. The van der Waals surface area contributed by atoms with Gasteiger partial charge < -0.3 is 5.32 Å². The monoisotopic (exact) mass is 378 g/mol. The molecule has 112 valence electrons. The molecule has 1 N–H and O–H groups in total. The number of amides is 1. The molecule has 0 radical (unpaired) electrons. The number of carbonyl (C=O) groups is 1. The SMILES string of the molecule is Cc1nn(C)c2ncc(NC(=O)c3cc(Br)ccc3Cl)cc12. The molecular formula is C15H12BrClN4O. The maximum atomic E-state index is 12.3. The fourth-order valence-corrected chi connectivity index (χ4v) is 2.81. The number of rotatable bonds is 2. The normalized spacial score (nSPS) is 10.9. The summed E-state index contributed by atoms with van der Waals surface area (Å²) < 4.78 is 2.50. The van der Waals surface area contributed by atoms with Gasteiger partial charge in [0.2, 0.25) is 0 Å². The van der Waals surface area contributed by atoms with Crippen molar-refractivity contribution in [3.8, 4) is 0 Å². The molecule has 0 unspecified atom stereocenters. The Morgan fingerprint density at radius 3 is 2.91 bits per heavy atom. The highest BCUT2D eigenvalue weighted by atomic mass is 79.9. The summed E-state index contributed by atoms with van der Waals surface area (Å²) in [5.41, 5.74) is 2.64. The first-order valence-electron chi connectivity index (χ1n) is 6.51. The fraction of sp³-hybridized carbons (Fsp3) is 0.133. The summed E-state index contributed by atoms with van der Waals surface area (Å²) >= 11 is 9.40. The molecule has 7 heteroatoms. The number of fused-ring (bicyclic) bond motifs is 1. The van der Waals surface area contributed by atoms with E-state index >= 15 is 0 Å². The van der Waals surface area contributed by atoms with Gasteiger partial charge >= 0.3 is 0 Å². The van der Waals surface area contributed by atoms with Crippen LogP contribution >= 0.6 is 27.5 Å². The van der Waals surface area contributed by atoms with Crippen LogP contribution in [0.3, 0.4) is 0 Å². The molecule has 1 aromatic carbocycles. The molecule has 0 saturated heterocycles. The molecule has 3 rings (SSSR count). The van der Waals surface area contributed by atoms with Gasteiger partial charge in [-0.3, -0.25) is 9.48 Å². The Balaban J connectivity index is 1.94. The van der Waals surface area contributed by atoms with E-state index in [-0.39, 0.29) is 5.91 Å². The van der Waals surface area contributed by atoms with Crippen molar-refractivity contribution in [3.63, 3.8) is 0 Å². The highest BCUT2D eigenvalue weighted by Crippen LogP contribution is 2.23. The lowest BCUT2D eigenvalue weighted by molar-refractivity contribution is 0.102. The van der Waals surface area contributed by atoms with Crippen LogP contribution in [-0.4, -0.2) is 20.7 Å². The van der Waals surface area contributed by atoms with Gasteiger partial charge in [0.1, 0.15) is 0 Å². The third-order valence-electron chi connectivity index (χ3n) is 3.29. The Morgan fingerprint density at radius 2 is 2.14 bits per heavy atom. The molecule has 1 amide bonds. The highest BCUT2D eigenvalue weighted by Gasteiger charge is 2.13. The molecule has 0 atom stereocenters. The molecule has 0 fully saturated rings. The van der Waals surface area contributed by atoms with Crippen LogP contribution in [-0.2, 0) is 7.05 Å². The zero-order chi connectivity index (χ0) is 15.9. The first-order valence-corrected chi connectivity index (χ1v) is 7.68. The van der Waals surface area contributed by atoms with E-state index in [2.05, 4.69) is 31.3 Å². The topological polar surface area (TPSA) is 59.8 Å². The number of aromatic nitrogens is 3. The first kappa shape index (κ1) is 15.0. The minimum absolute atomic E-state index is 0.283. The average molecular weight is 380 g/mol. The third-order valence-corrected chi connectivity index (χ3v) is 4.12. The van der Waals surface area contributed by atoms with Gasteiger partial charge in [-0.1, -0.05) is 27.5 Å². The van der Waals surface area contributed by atoms with Crippen molar-refractivity contribution in [3.05, 3.63) is 51.2 Å². The van der Waals surface area contributed by atoms with E-state index in [4.69, 9.17) is 11.6 Å². The summed E-state index contributed by atoms with van der Waals surface area (Å²) in [6.07, 6.45) is 1.60. The van der Waals surface area contributed by atoms with Crippen LogP contribution in [0.5, 0.6) is 0 Å². The molecule has 2 heterocycles. The van der Waals surface area contributed by atoms with Crippen molar-refractivity contribution in [1.82, 2.24) is 14.8 Å². The second-order valence-corrected chi connectivity index (χ2v) is 6.21. The van der Waals surface area contributed by atoms with Gasteiger partial charge in [0.15, 0.2) is 5.65 Å². The van der Waals surface area contributed by atoms with E-state index in [1.807, 2.05) is 20.0 Å². The molecular weight excluding hydrogens is 368 g/mol. The van der Waals surface area contributed by atoms with E-state index in [0.29, 0.717) is 16.3 Å². The number of aryl methyl sites for hydroxylation is 2. The molecule has 0 spiro atoms. The number of pyridine rings is 1. The molecule has 0 aliphatic heterocycles. The van der Waals surface area contributed by atoms with Crippen molar-refractivity contribution in [2.24, 2.45) is 7.05 Å². The van der Waals surface area contributed by atoms with Crippen molar-refractivity contribution < 1.29 is 4.79 Å². The van der Waals surface area contributed by atoms with Crippen molar-refractivity contribution in [2.75, 3.05) is 5.32 Å². The van der Waals surface area contributed by atoms with Crippen LogP contribution in [0.2, 0.25) is 5.02 Å². The lowest BCUT2D eigenvalue weighted by Crippen LogP contribution is -2.12. The minimum Gasteiger partial charge on any atom is -0.321 e. The molecule has 0 aliphatic rings. The molecule has 2 aromatic heterocycles. The van der Waals surface area contributed by atoms with Crippen LogP contribution in [0.25, 0.3) is 11.0 Å². The molecule has 5 nitrogen and oxygen atoms in total. The van der Waals surface area contributed by atoms with E-state index in [1.54, 1.807) is 29.1 Å². The number of halogens is 2. The van der Waals surface area contributed by atoms with Gasteiger partial charge in [-0.05, 0) is 31.2 Å².